The van der Waals surface area contributed by atoms with Gasteiger partial charge in [-0.3, -0.25) is 14.5 Å². The number of fused-ring (bicyclic) bond motifs is 1. The molecule has 6 rings (SSSR count). The van der Waals surface area contributed by atoms with Crippen LogP contribution < -0.4 is 10.2 Å². The molecule has 206 valence electrons. The molecule has 41 heavy (non-hydrogen) atoms. The van der Waals surface area contributed by atoms with Crippen molar-refractivity contribution in [1.29, 1.82) is 0 Å². The van der Waals surface area contributed by atoms with Crippen LogP contribution in [0.4, 0.5) is 5.82 Å². The van der Waals surface area contributed by atoms with Gasteiger partial charge in [-0.1, -0.05) is 78.4 Å². The number of furan rings is 1. The van der Waals surface area contributed by atoms with Crippen LogP contribution in [-0.4, -0.2) is 33.9 Å². The summed E-state index contributed by atoms with van der Waals surface area (Å²) in [6, 6.07) is 30.0. The van der Waals surface area contributed by atoms with Crippen LogP contribution in [-0.2, 0) is 16.1 Å². The normalized spacial score (nSPS) is 14.9. The molecule has 0 fully saturated rings. The van der Waals surface area contributed by atoms with Gasteiger partial charge in [-0.15, -0.1) is 11.8 Å². The molecule has 0 spiro atoms. The first-order chi connectivity index (χ1) is 20.0. The summed E-state index contributed by atoms with van der Waals surface area (Å²) in [5.74, 6) is 1.06. The number of thioether (sulfide) groups is 1. The van der Waals surface area contributed by atoms with E-state index >= 15 is 0 Å². The smallest absolute Gasteiger partial charge is 0.240 e. The number of amides is 2. The molecule has 1 atom stereocenters. The quantitative estimate of drug-likeness (QED) is 0.254. The number of hydrogen-bond donors (Lipinski definition) is 1. The van der Waals surface area contributed by atoms with Crippen LogP contribution in [0.1, 0.15) is 33.3 Å². The van der Waals surface area contributed by atoms with E-state index in [-0.39, 0.29) is 35.9 Å². The SMILES string of the molecule is Cc1cccc(C2SCC(=O)N(CC(=O)NCc3ccco3)c3c2c(-c2ccccc2)nn3-c2ccccc2C)c1. The molecule has 3 aromatic carbocycles. The summed E-state index contributed by atoms with van der Waals surface area (Å²) in [6.45, 7) is 4.20. The molecule has 1 aliphatic heterocycles. The van der Waals surface area contributed by atoms with Crippen LogP contribution in [0, 0.1) is 13.8 Å². The minimum absolute atomic E-state index is 0.139. The largest absolute Gasteiger partial charge is 0.467 e. The van der Waals surface area contributed by atoms with Crippen molar-refractivity contribution < 1.29 is 14.0 Å². The summed E-state index contributed by atoms with van der Waals surface area (Å²) in [5, 5.41) is 7.91. The van der Waals surface area contributed by atoms with Crippen molar-refractivity contribution in [3.8, 4) is 16.9 Å². The third-order valence-electron chi connectivity index (χ3n) is 7.17. The molecule has 5 aromatic rings. The van der Waals surface area contributed by atoms with Gasteiger partial charge in [0.15, 0.2) is 0 Å². The highest BCUT2D eigenvalue weighted by molar-refractivity contribution is 8.00. The van der Waals surface area contributed by atoms with Gasteiger partial charge < -0.3 is 9.73 Å². The van der Waals surface area contributed by atoms with E-state index in [1.165, 1.54) is 0 Å². The molecule has 2 amide bonds. The molecule has 3 heterocycles. The van der Waals surface area contributed by atoms with Crippen LogP contribution >= 0.6 is 11.8 Å². The summed E-state index contributed by atoms with van der Waals surface area (Å²) in [6.07, 6.45) is 1.57. The predicted molar refractivity (Wildman–Crippen MR) is 162 cm³/mol. The molecule has 1 unspecified atom stereocenters. The summed E-state index contributed by atoms with van der Waals surface area (Å²) in [7, 11) is 0. The number of rotatable bonds is 7. The molecule has 8 heteroatoms. The Morgan fingerprint density at radius 3 is 2.56 bits per heavy atom. The number of aromatic nitrogens is 2. The fraction of sp³-hybridized carbons (Fsp3) is 0.182. The van der Waals surface area contributed by atoms with Crippen LogP contribution in [0.25, 0.3) is 16.9 Å². The zero-order chi connectivity index (χ0) is 28.3. The van der Waals surface area contributed by atoms with Crippen molar-refractivity contribution in [1.82, 2.24) is 15.1 Å². The summed E-state index contributed by atoms with van der Waals surface area (Å²) in [4.78, 5) is 28.7. The molecule has 7 nitrogen and oxygen atoms in total. The highest BCUT2D eigenvalue weighted by Crippen LogP contribution is 2.48. The number of aryl methyl sites for hydroxylation is 2. The zero-order valence-corrected chi connectivity index (χ0v) is 23.7. The highest BCUT2D eigenvalue weighted by atomic mass is 32.2. The maximum Gasteiger partial charge on any atom is 0.240 e. The Morgan fingerprint density at radius 2 is 1.80 bits per heavy atom. The molecule has 0 radical (unpaired) electrons. The summed E-state index contributed by atoms with van der Waals surface area (Å²) < 4.78 is 7.22. The van der Waals surface area contributed by atoms with Gasteiger partial charge in [-0.05, 0) is 43.2 Å². The zero-order valence-electron chi connectivity index (χ0n) is 22.9. The molecular weight excluding hydrogens is 532 g/mol. The van der Waals surface area contributed by atoms with Crippen molar-refractivity contribution in [2.45, 2.75) is 25.6 Å². The first-order valence-corrected chi connectivity index (χ1v) is 14.6. The van der Waals surface area contributed by atoms with E-state index in [4.69, 9.17) is 9.52 Å². The Hall–Kier alpha value is -4.56. The Kier molecular flexibility index (Phi) is 7.48. The van der Waals surface area contributed by atoms with Gasteiger partial charge in [0, 0.05) is 11.1 Å². The first kappa shape index (κ1) is 26.7. The van der Waals surface area contributed by atoms with Crippen molar-refractivity contribution in [3.63, 3.8) is 0 Å². The highest BCUT2D eigenvalue weighted by Gasteiger charge is 2.38. The van der Waals surface area contributed by atoms with Gasteiger partial charge in [-0.2, -0.15) is 5.10 Å². The number of anilines is 1. The van der Waals surface area contributed by atoms with Crippen LogP contribution in [0.3, 0.4) is 0 Å². The number of hydrogen-bond acceptors (Lipinski definition) is 5. The third-order valence-corrected chi connectivity index (χ3v) is 8.42. The van der Waals surface area contributed by atoms with Gasteiger partial charge in [0.2, 0.25) is 11.8 Å². The molecule has 0 saturated heterocycles. The second kappa shape index (κ2) is 11.5. The minimum atomic E-state index is -0.279. The van der Waals surface area contributed by atoms with E-state index < -0.39 is 0 Å². The second-order valence-electron chi connectivity index (χ2n) is 10.1. The van der Waals surface area contributed by atoms with E-state index in [0.29, 0.717) is 11.6 Å². The Bertz CT molecular complexity index is 1690. The van der Waals surface area contributed by atoms with Crippen molar-refractivity contribution in [2.24, 2.45) is 0 Å². The van der Waals surface area contributed by atoms with E-state index in [1.54, 1.807) is 35.1 Å². The second-order valence-corrected chi connectivity index (χ2v) is 11.2. The van der Waals surface area contributed by atoms with Crippen LogP contribution in [0.2, 0.25) is 0 Å². The number of para-hydroxylation sites is 1. The average Bonchev–Trinajstić information content (AvgIpc) is 3.61. The standard InChI is InChI=1S/C33H30N4O3S/c1-22-10-8-14-25(18-22)32-30-31(24-12-4-3-5-13-24)35-37(27-16-7-6-11-23(27)2)33(30)36(29(39)21-41-32)20-28(38)34-19-26-15-9-17-40-26/h3-18,32H,19-21H2,1-2H3,(H,34,38). The lowest BCUT2D eigenvalue weighted by Crippen LogP contribution is -2.42. The van der Waals surface area contributed by atoms with Gasteiger partial charge in [0.1, 0.15) is 18.1 Å². The van der Waals surface area contributed by atoms with Gasteiger partial charge in [0.05, 0.1) is 35.2 Å². The Labute approximate surface area is 243 Å². The number of nitrogens with one attached hydrogen (secondary N) is 1. The van der Waals surface area contributed by atoms with Crippen molar-refractivity contribution in [3.05, 3.63) is 125 Å². The maximum absolute atomic E-state index is 13.9. The number of benzene rings is 3. The Balaban J connectivity index is 1.55. The molecule has 1 aliphatic rings. The van der Waals surface area contributed by atoms with Gasteiger partial charge in [0.25, 0.3) is 0 Å². The average molecular weight is 563 g/mol. The topological polar surface area (TPSA) is 80.4 Å². The third kappa shape index (κ3) is 5.43. The lowest BCUT2D eigenvalue weighted by atomic mass is 9.98. The monoisotopic (exact) mass is 562 g/mol. The molecule has 0 bridgehead atoms. The fourth-order valence-electron chi connectivity index (χ4n) is 5.19. The minimum Gasteiger partial charge on any atom is -0.467 e. The number of nitrogens with zero attached hydrogens (tertiary/aromatic N) is 3. The maximum atomic E-state index is 13.9. The molecule has 0 aliphatic carbocycles. The first-order valence-electron chi connectivity index (χ1n) is 13.5. The van der Waals surface area contributed by atoms with E-state index in [2.05, 4.69) is 30.4 Å². The number of carbonyl (C=O) groups excluding carboxylic acids is 2. The van der Waals surface area contributed by atoms with Crippen molar-refractivity contribution in [2.75, 3.05) is 17.2 Å². The molecule has 0 saturated carbocycles. The van der Waals surface area contributed by atoms with E-state index in [1.807, 2.05) is 72.3 Å². The number of carbonyl (C=O) groups is 2. The van der Waals surface area contributed by atoms with Gasteiger partial charge in [-0.25, -0.2) is 4.68 Å². The molecule has 2 aromatic heterocycles. The predicted octanol–water partition coefficient (Wildman–Crippen LogP) is 6.23. The molecule has 1 N–H and O–H groups in total. The van der Waals surface area contributed by atoms with E-state index in [9.17, 15) is 9.59 Å². The summed E-state index contributed by atoms with van der Waals surface area (Å²) in [5.41, 5.74) is 6.76. The molecular formula is C33H30N4O3S. The lowest BCUT2D eigenvalue weighted by molar-refractivity contribution is -0.123. The van der Waals surface area contributed by atoms with Crippen LogP contribution in [0.5, 0.6) is 0 Å². The van der Waals surface area contributed by atoms with E-state index in [0.717, 1.165) is 39.2 Å². The fourth-order valence-corrected chi connectivity index (χ4v) is 6.38. The van der Waals surface area contributed by atoms with Gasteiger partial charge >= 0.3 is 0 Å². The van der Waals surface area contributed by atoms with Crippen LogP contribution in [0.15, 0.2) is 102 Å². The Morgan fingerprint density at radius 1 is 1.00 bits per heavy atom. The van der Waals surface area contributed by atoms with Crippen molar-refractivity contribution >= 4 is 29.4 Å². The summed E-state index contributed by atoms with van der Waals surface area (Å²) >= 11 is 1.57. The lowest BCUT2D eigenvalue weighted by Gasteiger charge is -2.23.